The van der Waals surface area contributed by atoms with Crippen molar-refractivity contribution in [2.45, 2.75) is 104 Å². The SMILES string of the molecule is CCC(O)C1CC(C)[C@H]2[C@@H]3CC[C@H]4C[C@](C)(O)CC[C@]4(C)[C@H]3CC[C@]12C. The van der Waals surface area contributed by atoms with E-state index in [-0.39, 0.29) is 6.10 Å². The minimum Gasteiger partial charge on any atom is -0.393 e. The van der Waals surface area contributed by atoms with Crippen LogP contribution in [0.3, 0.4) is 0 Å². The second-order valence-electron chi connectivity index (χ2n) is 11.6. The Labute approximate surface area is 161 Å². The zero-order chi connectivity index (χ0) is 18.9. The van der Waals surface area contributed by atoms with Crippen LogP contribution < -0.4 is 0 Å². The third kappa shape index (κ3) is 2.65. The summed E-state index contributed by atoms with van der Waals surface area (Å²) in [6.45, 7) is 11.8. The lowest BCUT2D eigenvalue weighted by Gasteiger charge is -2.62. The molecule has 0 saturated heterocycles. The molecular weight excluding hydrogens is 320 g/mol. The minimum atomic E-state index is -0.433. The van der Waals surface area contributed by atoms with E-state index < -0.39 is 5.60 Å². The van der Waals surface area contributed by atoms with E-state index in [0.717, 1.165) is 42.9 Å². The summed E-state index contributed by atoms with van der Waals surface area (Å²) >= 11 is 0. The zero-order valence-electron chi connectivity index (χ0n) is 17.8. The summed E-state index contributed by atoms with van der Waals surface area (Å²) in [5, 5.41) is 21.4. The molecule has 0 radical (unpaired) electrons. The van der Waals surface area contributed by atoms with Gasteiger partial charge >= 0.3 is 0 Å². The Bertz CT molecular complexity index is 542. The molecule has 2 N–H and O–H groups in total. The van der Waals surface area contributed by atoms with Crippen LogP contribution in [0.2, 0.25) is 0 Å². The van der Waals surface area contributed by atoms with Crippen LogP contribution >= 0.6 is 0 Å². The Kier molecular flexibility index (Phi) is 4.60. The monoisotopic (exact) mass is 362 g/mol. The zero-order valence-corrected chi connectivity index (χ0v) is 17.8. The quantitative estimate of drug-likeness (QED) is 0.689. The summed E-state index contributed by atoms with van der Waals surface area (Å²) in [6, 6.07) is 0. The molecule has 0 spiro atoms. The summed E-state index contributed by atoms with van der Waals surface area (Å²) in [6.07, 6.45) is 10.6. The first kappa shape index (κ1) is 19.2. The smallest absolute Gasteiger partial charge is 0.0622 e. The lowest BCUT2D eigenvalue weighted by atomic mass is 9.43. The Morgan fingerprint density at radius 3 is 2.42 bits per heavy atom. The van der Waals surface area contributed by atoms with Gasteiger partial charge in [-0.3, -0.25) is 0 Å². The second-order valence-corrected chi connectivity index (χ2v) is 11.6. The Hall–Kier alpha value is -0.0800. The van der Waals surface area contributed by atoms with Gasteiger partial charge in [0.05, 0.1) is 11.7 Å². The molecule has 4 aliphatic carbocycles. The van der Waals surface area contributed by atoms with E-state index in [1.165, 1.54) is 38.5 Å². The van der Waals surface area contributed by atoms with Crippen LogP contribution in [0.1, 0.15) is 92.4 Å². The number of aliphatic hydroxyl groups is 2. The average Bonchev–Trinajstić information content (AvgIpc) is 2.86. The molecule has 4 saturated carbocycles. The number of hydrogen-bond donors (Lipinski definition) is 2. The topological polar surface area (TPSA) is 40.5 Å². The normalized spacial score (nSPS) is 57.8. The third-order valence-electron chi connectivity index (χ3n) is 10.2. The van der Waals surface area contributed by atoms with Gasteiger partial charge in [0.15, 0.2) is 0 Å². The lowest BCUT2D eigenvalue weighted by molar-refractivity contribution is -0.154. The molecule has 0 heterocycles. The highest BCUT2D eigenvalue weighted by Gasteiger charge is 2.63. The van der Waals surface area contributed by atoms with Gasteiger partial charge in [-0.25, -0.2) is 0 Å². The maximum absolute atomic E-state index is 10.7. The van der Waals surface area contributed by atoms with E-state index >= 15 is 0 Å². The highest BCUT2D eigenvalue weighted by atomic mass is 16.3. The fourth-order valence-corrected chi connectivity index (χ4v) is 8.91. The Balaban J connectivity index is 1.62. The lowest BCUT2D eigenvalue weighted by Crippen LogP contribution is -2.56. The van der Waals surface area contributed by atoms with E-state index in [4.69, 9.17) is 0 Å². The number of aliphatic hydroxyl groups excluding tert-OH is 1. The molecule has 4 fully saturated rings. The van der Waals surface area contributed by atoms with Crippen molar-refractivity contribution < 1.29 is 10.2 Å². The van der Waals surface area contributed by atoms with Crippen LogP contribution in [-0.2, 0) is 0 Å². The molecule has 26 heavy (non-hydrogen) atoms. The molecule has 0 aromatic heterocycles. The van der Waals surface area contributed by atoms with Crippen LogP contribution in [0.25, 0.3) is 0 Å². The van der Waals surface area contributed by atoms with Crippen molar-refractivity contribution in [1.82, 2.24) is 0 Å². The second kappa shape index (κ2) is 6.21. The van der Waals surface area contributed by atoms with Crippen LogP contribution in [-0.4, -0.2) is 21.9 Å². The largest absolute Gasteiger partial charge is 0.393 e. The van der Waals surface area contributed by atoms with Gasteiger partial charge in [-0.1, -0.05) is 27.7 Å². The summed E-state index contributed by atoms with van der Waals surface area (Å²) in [7, 11) is 0. The fourth-order valence-electron chi connectivity index (χ4n) is 8.91. The molecule has 150 valence electrons. The van der Waals surface area contributed by atoms with Gasteiger partial charge in [-0.05, 0) is 111 Å². The van der Waals surface area contributed by atoms with Gasteiger partial charge in [-0.2, -0.15) is 0 Å². The molecule has 4 aliphatic rings. The van der Waals surface area contributed by atoms with Crippen LogP contribution in [0, 0.1) is 46.3 Å². The van der Waals surface area contributed by atoms with Crippen molar-refractivity contribution in [1.29, 1.82) is 0 Å². The summed E-state index contributed by atoms with van der Waals surface area (Å²) in [4.78, 5) is 0. The van der Waals surface area contributed by atoms with E-state index in [2.05, 4.69) is 34.6 Å². The molecular formula is C24H42O2. The van der Waals surface area contributed by atoms with Crippen molar-refractivity contribution in [3.8, 4) is 0 Å². The van der Waals surface area contributed by atoms with E-state index in [1.807, 2.05) is 0 Å². The average molecular weight is 363 g/mol. The molecule has 0 bridgehead atoms. The molecule has 2 nitrogen and oxygen atoms in total. The van der Waals surface area contributed by atoms with Gasteiger partial charge in [0, 0.05) is 0 Å². The van der Waals surface area contributed by atoms with Crippen molar-refractivity contribution in [3.05, 3.63) is 0 Å². The van der Waals surface area contributed by atoms with Crippen molar-refractivity contribution in [2.24, 2.45) is 46.3 Å². The standard InChI is InChI=1S/C24H42O2/c1-6-20(25)19-13-15(2)21-17-8-7-16-14-22(3,26)11-12-23(16,4)18(17)9-10-24(19,21)5/h15-21,25-26H,6-14H2,1-5H3/t15?,16-,17+,18-,19?,20?,21-,22+,23-,24+/m0/s1. The number of rotatable bonds is 2. The molecule has 2 heteroatoms. The molecule has 0 aliphatic heterocycles. The number of fused-ring (bicyclic) bond motifs is 5. The Morgan fingerprint density at radius 1 is 1.00 bits per heavy atom. The first-order valence-electron chi connectivity index (χ1n) is 11.5. The minimum absolute atomic E-state index is 0.110. The fraction of sp³-hybridized carbons (Fsp3) is 1.00. The van der Waals surface area contributed by atoms with E-state index in [0.29, 0.717) is 22.7 Å². The molecule has 0 aromatic rings. The maximum atomic E-state index is 10.7. The first-order valence-corrected chi connectivity index (χ1v) is 11.5. The van der Waals surface area contributed by atoms with Gasteiger partial charge in [0.2, 0.25) is 0 Å². The molecule has 10 atom stereocenters. The van der Waals surface area contributed by atoms with Crippen LogP contribution in [0.4, 0.5) is 0 Å². The van der Waals surface area contributed by atoms with Crippen LogP contribution in [0.15, 0.2) is 0 Å². The summed E-state index contributed by atoms with van der Waals surface area (Å²) in [5.41, 5.74) is 0.351. The van der Waals surface area contributed by atoms with E-state index in [9.17, 15) is 10.2 Å². The van der Waals surface area contributed by atoms with Gasteiger partial charge in [0.1, 0.15) is 0 Å². The number of hydrogen-bond acceptors (Lipinski definition) is 2. The maximum Gasteiger partial charge on any atom is 0.0622 e. The highest BCUT2D eigenvalue weighted by molar-refractivity contribution is 5.12. The van der Waals surface area contributed by atoms with Crippen molar-refractivity contribution in [3.63, 3.8) is 0 Å². The third-order valence-corrected chi connectivity index (χ3v) is 10.2. The molecule has 0 aromatic carbocycles. The molecule has 0 amide bonds. The van der Waals surface area contributed by atoms with Crippen molar-refractivity contribution in [2.75, 3.05) is 0 Å². The predicted molar refractivity (Wildman–Crippen MR) is 107 cm³/mol. The molecule has 3 unspecified atom stereocenters. The Morgan fingerprint density at radius 2 is 1.73 bits per heavy atom. The summed E-state index contributed by atoms with van der Waals surface area (Å²) in [5.74, 6) is 4.47. The molecule has 4 rings (SSSR count). The first-order chi connectivity index (χ1) is 12.1. The summed E-state index contributed by atoms with van der Waals surface area (Å²) < 4.78 is 0. The van der Waals surface area contributed by atoms with Gasteiger partial charge in [0.25, 0.3) is 0 Å². The van der Waals surface area contributed by atoms with E-state index in [1.54, 1.807) is 0 Å². The van der Waals surface area contributed by atoms with Crippen molar-refractivity contribution >= 4 is 0 Å². The van der Waals surface area contributed by atoms with Gasteiger partial charge < -0.3 is 10.2 Å². The predicted octanol–water partition coefficient (Wildman–Crippen LogP) is 5.41. The highest BCUT2D eigenvalue weighted by Crippen LogP contribution is 2.69. The van der Waals surface area contributed by atoms with Crippen LogP contribution in [0.5, 0.6) is 0 Å². The van der Waals surface area contributed by atoms with Gasteiger partial charge in [-0.15, -0.1) is 0 Å².